The van der Waals surface area contributed by atoms with Crippen molar-refractivity contribution in [2.24, 2.45) is 0 Å². The molecule has 0 aliphatic carbocycles. The van der Waals surface area contributed by atoms with Crippen molar-refractivity contribution in [3.05, 3.63) is 0 Å². The maximum atomic E-state index is 11.4. The van der Waals surface area contributed by atoms with Crippen LogP contribution in [-0.2, 0) is 14.3 Å². The number of nitrogens with one attached hydrogen (secondary N) is 2. The Labute approximate surface area is 103 Å². The predicted molar refractivity (Wildman–Crippen MR) is 65.7 cm³/mol. The highest BCUT2D eigenvalue weighted by molar-refractivity contribution is 5.78. The summed E-state index contributed by atoms with van der Waals surface area (Å²) >= 11 is 0. The van der Waals surface area contributed by atoms with E-state index in [0.29, 0.717) is 25.9 Å². The van der Waals surface area contributed by atoms with Gasteiger partial charge in [0.25, 0.3) is 0 Å². The molecule has 0 heterocycles. The molecular formula is C11H23N3O3. The van der Waals surface area contributed by atoms with Gasteiger partial charge in [-0.2, -0.15) is 0 Å². The third kappa shape index (κ3) is 9.77. The van der Waals surface area contributed by atoms with E-state index in [1.54, 1.807) is 0 Å². The van der Waals surface area contributed by atoms with Crippen LogP contribution in [0, 0.1) is 0 Å². The third-order valence-electron chi connectivity index (χ3n) is 2.26. The molecule has 0 aromatic rings. The van der Waals surface area contributed by atoms with Crippen LogP contribution in [0.3, 0.4) is 0 Å². The van der Waals surface area contributed by atoms with Gasteiger partial charge >= 0.3 is 5.97 Å². The first-order valence-corrected chi connectivity index (χ1v) is 5.76. The molecule has 0 spiro atoms. The molecule has 0 aliphatic heterocycles. The van der Waals surface area contributed by atoms with Crippen LogP contribution < -0.4 is 10.6 Å². The van der Waals surface area contributed by atoms with Crippen LogP contribution in [0.5, 0.6) is 0 Å². The van der Waals surface area contributed by atoms with Crippen molar-refractivity contribution in [2.45, 2.75) is 12.8 Å². The second-order valence-electron chi connectivity index (χ2n) is 3.87. The number of rotatable bonds is 9. The van der Waals surface area contributed by atoms with Crippen LogP contribution in [0.1, 0.15) is 12.8 Å². The summed E-state index contributed by atoms with van der Waals surface area (Å²) in [5, 5.41) is 5.78. The number of hydrogen-bond donors (Lipinski definition) is 2. The molecule has 0 aromatic heterocycles. The summed E-state index contributed by atoms with van der Waals surface area (Å²) in [6, 6.07) is 0. The zero-order chi connectivity index (χ0) is 13.1. The van der Waals surface area contributed by atoms with E-state index in [1.807, 2.05) is 19.0 Å². The molecule has 2 N–H and O–H groups in total. The zero-order valence-corrected chi connectivity index (χ0v) is 10.9. The zero-order valence-electron chi connectivity index (χ0n) is 10.9. The first kappa shape index (κ1) is 15.9. The number of ether oxygens (including phenoxy) is 1. The fraction of sp³-hybridized carbons (Fsp3) is 0.818. The van der Waals surface area contributed by atoms with Gasteiger partial charge in [0.15, 0.2) is 0 Å². The van der Waals surface area contributed by atoms with Crippen LogP contribution in [0.15, 0.2) is 0 Å². The Balaban J connectivity index is 3.49. The molecular weight excluding hydrogens is 222 g/mol. The number of nitrogens with zero attached hydrogens (tertiary/aromatic N) is 1. The maximum Gasteiger partial charge on any atom is 0.305 e. The molecule has 0 atom stereocenters. The molecule has 17 heavy (non-hydrogen) atoms. The van der Waals surface area contributed by atoms with Gasteiger partial charge in [-0.25, -0.2) is 0 Å². The largest absolute Gasteiger partial charge is 0.469 e. The van der Waals surface area contributed by atoms with E-state index in [2.05, 4.69) is 15.4 Å². The quantitative estimate of drug-likeness (QED) is 0.411. The van der Waals surface area contributed by atoms with E-state index in [0.717, 1.165) is 13.1 Å². The lowest BCUT2D eigenvalue weighted by molar-refractivity contribution is -0.140. The number of amides is 1. The Hall–Kier alpha value is -1.14. The van der Waals surface area contributed by atoms with E-state index in [4.69, 9.17) is 0 Å². The fourth-order valence-corrected chi connectivity index (χ4v) is 1.25. The molecule has 0 unspecified atom stereocenters. The van der Waals surface area contributed by atoms with Crippen molar-refractivity contribution in [2.75, 3.05) is 47.4 Å². The SMILES string of the molecule is CNCCN(C)CC(=O)NCCCC(=O)OC. The lowest BCUT2D eigenvalue weighted by Gasteiger charge is -2.15. The van der Waals surface area contributed by atoms with Crippen LogP contribution in [-0.4, -0.2) is 64.2 Å². The monoisotopic (exact) mass is 245 g/mol. The van der Waals surface area contributed by atoms with Gasteiger partial charge < -0.3 is 15.4 Å². The Bertz CT molecular complexity index is 234. The minimum Gasteiger partial charge on any atom is -0.469 e. The second-order valence-corrected chi connectivity index (χ2v) is 3.87. The molecule has 0 fully saturated rings. The third-order valence-corrected chi connectivity index (χ3v) is 2.26. The Morgan fingerprint density at radius 2 is 2.00 bits per heavy atom. The van der Waals surface area contributed by atoms with Gasteiger partial charge in [-0.05, 0) is 20.5 Å². The number of hydrogen-bond acceptors (Lipinski definition) is 5. The fourth-order valence-electron chi connectivity index (χ4n) is 1.25. The number of carbonyl (C=O) groups excluding carboxylic acids is 2. The summed E-state index contributed by atoms with van der Waals surface area (Å²) in [6.45, 7) is 2.56. The number of esters is 1. The van der Waals surface area contributed by atoms with Gasteiger partial charge in [-0.15, -0.1) is 0 Å². The van der Waals surface area contributed by atoms with E-state index in [1.165, 1.54) is 7.11 Å². The number of likely N-dealkylation sites (N-methyl/N-ethyl adjacent to an activating group) is 2. The van der Waals surface area contributed by atoms with E-state index in [9.17, 15) is 9.59 Å². The summed E-state index contributed by atoms with van der Waals surface area (Å²) in [6.07, 6.45) is 0.949. The molecule has 0 rings (SSSR count). The average Bonchev–Trinajstić information content (AvgIpc) is 2.31. The number of methoxy groups -OCH3 is 1. The van der Waals surface area contributed by atoms with Crippen molar-refractivity contribution in [3.63, 3.8) is 0 Å². The van der Waals surface area contributed by atoms with Crippen LogP contribution in [0.25, 0.3) is 0 Å². The molecule has 6 nitrogen and oxygen atoms in total. The summed E-state index contributed by atoms with van der Waals surface area (Å²) < 4.78 is 4.50. The molecule has 0 saturated heterocycles. The summed E-state index contributed by atoms with van der Waals surface area (Å²) in [4.78, 5) is 24.2. The van der Waals surface area contributed by atoms with Gasteiger partial charge in [0.2, 0.25) is 5.91 Å². The van der Waals surface area contributed by atoms with Gasteiger partial charge in [0.05, 0.1) is 13.7 Å². The van der Waals surface area contributed by atoms with Crippen molar-refractivity contribution in [1.82, 2.24) is 15.5 Å². The lowest BCUT2D eigenvalue weighted by atomic mass is 10.3. The van der Waals surface area contributed by atoms with Gasteiger partial charge in [0, 0.05) is 26.1 Å². The smallest absolute Gasteiger partial charge is 0.305 e. The van der Waals surface area contributed by atoms with Crippen molar-refractivity contribution in [3.8, 4) is 0 Å². The molecule has 0 aliphatic rings. The highest BCUT2D eigenvalue weighted by Gasteiger charge is 2.05. The minimum absolute atomic E-state index is 0.0199. The molecule has 100 valence electrons. The summed E-state index contributed by atoms with van der Waals surface area (Å²) in [5.74, 6) is -0.265. The van der Waals surface area contributed by atoms with E-state index >= 15 is 0 Å². The van der Waals surface area contributed by atoms with Crippen LogP contribution in [0.2, 0.25) is 0 Å². The summed E-state index contributed by atoms with van der Waals surface area (Å²) in [7, 11) is 5.13. The number of carbonyl (C=O) groups is 2. The molecule has 0 radical (unpaired) electrons. The second kappa shape index (κ2) is 10.0. The van der Waals surface area contributed by atoms with Crippen LogP contribution in [0.4, 0.5) is 0 Å². The predicted octanol–water partition coefficient (Wildman–Crippen LogP) is -0.793. The Morgan fingerprint density at radius 3 is 2.59 bits per heavy atom. The van der Waals surface area contributed by atoms with Crippen molar-refractivity contribution in [1.29, 1.82) is 0 Å². The van der Waals surface area contributed by atoms with Crippen molar-refractivity contribution >= 4 is 11.9 Å². The topological polar surface area (TPSA) is 70.7 Å². The van der Waals surface area contributed by atoms with Crippen LogP contribution >= 0.6 is 0 Å². The van der Waals surface area contributed by atoms with Gasteiger partial charge in [-0.3, -0.25) is 14.5 Å². The Morgan fingerprint density at radius 1 is 1.29 bits per heavy atom. The summed E-state index contributed by atoms with van der Waals surface area (Å²) in [5.41, 5.74) is 0. The van der Waals surface area contributed by atoms with Gasteiger partial charge in [-0.1, -0.05) is 0 Å². The molecule has 0 bridgehead atoms. The highest BCUT2D eigenvalue weighted by Crippen LogP contribution is 1.89. The molecule has 1 amide bonds. The van der Waals surface area contributed by atoms with Crippen molar-refractivity contribution < 1.29 is 14.3 Å². The van der Waals surface area contributed by atoms with E-state index in [-0.39, 0.29) is 11.9 Å². The molecule has 0 aromatic carbocycles. The first-order valence-electron chi connectivity index (χ1n) is 5.76. The first-order chi connectivity index (χ1) is 8.10. The molecule has 6 heteroatoms. The average molecular weight is 245 g/mol. The van der Waals surface area contributed by atoms with Gasteiger partial charge in [0.1, 0.15) is 0 Å². The van der Waals surface area contributed by atoms with E-state index < -0.39 is 0 Å². The minimum atomic E-state index is -0.245. The lowest BCUT2D eigenvalue weighted by Crippen LogP contribution is -2.38. The normalized spacial score (nSPS) is 10.4. The standard InChI is InChI=1S/C11H23N3O3/c1-12-7-8-14(2)9-10(15)13-6-4-5-11(16)17-3/h12H,4-9H2,1-3H3,(H,13,15). The Kier molecular flexibility index (Phi) is 9.37. The highest BCUT2D eigenvalue weighted by atomic mass is 16.5. The maximum absolute atomic E-state index is 11.4. The molecule has 0 saturated carbocycles.